The van der Waals surface area contributed by atoms with Crippen molar-refractivity contribution in [2.45, 2.75) is 0 Å². The number of rotatable bonds is 7. The highest BCUT2D eigenvalue weighted by Crippen LogP contribution is 2.25. The van der Waals surface area contributed by atoms with Crippen LogP contribution in [0, 0.1) is 10.1 Å². The number of carbonyl (C=O) groups excluding carboxylic acids is 2. The molecule has 1 rings (SSSR count). The smallest absolute Gasteiger partial charge is 0.310 e. The fourth-order valence-corrected chi connectivity index (χ4v) is 1.33. The summed E-state index contributed by atoms with van der Waals surface area (Å²) in [7, 11) is 0. The normalized spacial score (nSPS) is 10.0. The van der Waals surface area contributed by atoms with Gasteiger partial charge in [-0.2, -0.15) is 0 Å². The molecule has 0 aliphatic heterocycles. The van der Waals surface area contributed by atoms with E-state index < -0.39 is 28.2 Å². The monoisotopic (exact) mass is 283 g/mol. The van der Waals surface area contributed by atoms with Crippen LogP contribution in [0.15, 0.2) is 18.2 Å². The van der Waals surface area contributed by atoms with Crippen LogP contribution in [0.3, 0.4) is 0 Å². The summed E-state index contributed by atoms with van der Waals surface area (Å²) in [4.78, 5) is 31.7. The zero-order valence-electron chi connectivity index (χ0n) is 10.4. The minimum atomic E-state index is -0.755. The second-order valence-electron chi connectivity index (χ2n) is 3.74. The van der Waals surface area contributed by atoms with Crippen LogP contribution < -0.4 is 11.1 Å². The highest BCUT2D eigenvalue weighted by molar-refractivity contribution is 5.95. The van der Waals surface area contributed by atoms with E-state index in [1.165, 1.54) is 6.07 Å². The van der Waals surface area contributed by atoms with Crippen molar-refractivity contribution in [3.63, 3.8) is 0 Å². The van der Waals surface area contributed by atoms with Gasteiger partial charge in [0.05, 0.1) is 11.5 Å². The van der Waals surface area contributed by atoms with Gasteiger partial charge in [0.25, 0.3) is 5.91 Å². The van der Waals surface area contributed by atoms with Crippen LogP contribution in [0.2, 0.25) is 0 Å². The van der Waals surface area contributed by atoms with Gasteiger partial charge in [-0.05, 0) is 12.1 Å². The number of nitro groups is 1. The maximum Gasteiger partial charge on any atom is 0.310 e. The van der Waals surface area contributed by atoms with E-state index in [1.54, 1.807) is 0 Å². The van der Waals surface area contributed by atoms with Gasteiger partial charge in [-0.25, -0.2) is 0 Å². The molecule has 0 unspecified atom stereocenters. The Morgan fingerprint density at radius 2 is 2.15 bits per heavy atom. The second-order valence-corrected chi connectivity index (χ2v) is 3.74. The zero-order chi connectivity index (χ0) is 15.1. The number of nitro benzene ring substituents is 1. The van der Waals surface area contributed by atoms with E-state index in [1.807, 2.05) is 0 Å². The fraction of sp³-hybridized carbons (Fsp3) is 0.273. The van der Waals surface area contributed by atoms with E-state index in [0.29, 0.717) is 0 Å². The molecule has 0 saturated heterocycles. The van der Waals surface area contributed by atoms with E-state index in [4.69, 9.17) is 10.5 Å². The van der Waals surface area contributed by atoms with Gasteiger partial charge in [-0.3, -0.25) is 19.7 Å². The van der Waals surface area contributed by atoms with Crippen molar-refractivity contribution in [1.29, 1.82) is 0 Å². The standard InChI is InChI=1S/C11H13N3O6/c12-10(16)6-20-4-3-13-11(17)7-1-2-8(14(18)19)9(15)5-7/h1-2,5,15H,3-4,6H2,(H2,12,16)(H,13,17). The number of hydrogen-bond acceptors (Lipinski definition) is 6. The Kier molecular flexibility index (Phi) is 5.42. The number of nitrogens with two attached hydrogens (primary N) is 1. The van der Waals surface area contributed by atoms with Crippen molar-refractivity contribution in [3.8, 4) is 5.75 Å². The van der Waals surface area contributed by atoms with Crippen LogP contribution in [-0.2, 0) is 9.53 Å². The molecule has 4 N–H and O–H groups in total. The molecule has 0 saturated carbocycles. The Bertz CT molecular complexity index is 531. The van der Waals surface area contributed by atoms with Gasteiger partial charge in [0.15, 0.2) is 5.75 Å². The minimum absolute atomic E-state index is 0.0722. The first-order valence-electron chi connectivity index (χ1n) is 5.53. The molecule has 2 amide bonds. The second kappa shape index (κ2) is 7.04. The summed E-state index contributed by atoms with van der Waals surface area (Å²) in [5.41, 5.74) is 4.44. The first-order valence-corrected chi connectivity index (χ1v) is 5.53. The molecule has 0 aliphatic rings. The lowest BCUT2D eigenvalue weighted by molar-refractivity contribution is -0.385. The number of hydrogen-bond donors (Lipinski definition) is 3. The van der Waals surface area contributed by atoms with Crippen LogP contribution in [0.5, 0.6) is 5.75 Å². The van der Waals surface area contributed by atoms with Gasteiger partial charge < -0.3 is 20.9 Å². The number of phenolic OH excluding ortho intramolecular Hbond substituents is 1. The number of phenols is 1. The number of benzene rings is 1. The molecule has 0 heterocycles. The Labute approximate surface area is 113 Å². The number of aromatic hydroxyl groups is 1. The third-order valence-electron chi connectivity index (χ3n) is 2.21. The maximum absolute atomic E-state index is 11.6. The quantitative estimate of drug-likeness (QED) is 0.350. The molecule has 0 atom stereocenters. The topological polar surface area (TPSA) is 145 Å². The molecule has 9 heteroatoms. The van der Waals surface area contributed by atoms with Crippen molar-refractivity contribution in [2.24, 2.45) is 5.73 Å². The van der Waals surface area contributed by atoms with E-state index in [9.17, 15) is 24.8 Å². The lowest BCUT2D eigenvalue weighted by Gasteiger charge is -2.06. The Morgan fingerprint density at radius 3 is 2.70 bits per heavy atom. The third kappa shape index (κ3) is 4.53. The lowest BCUT2D eigenvalue weighted by Crippen LogP contribution is -2.28. The molecule has 0 bridgehead atoms. The summed E-state index contributed by atoms with van der Waals surface area (Å²) < 4.78 is 4.83. The van der Waals surface area contributed by atoms with Crippen molar-refractivity contribution in [2.75, 3.05) is 19.8 Å². The van der Waals surface area contributed by atoms with E-state index in [0.717, 1.165) is 12.1 Å². The van der Waals surface area contributed by atoms with Crippen LogP contribution >= 0.6 is 0 Å². The maximum atomic E-state index is 11.6. The largest absolute Gasteiger partial charge is 0.502 e. The Balaban J connectivity index is 2.50. The summed E-state index contributed by atoms with van der Waals surface area (Å²) in [6.07, 6.45) is 0. The van der Waals surface area contributed by atoms with Crippen LogP contribution in [0.25, 0.3) is 0 Å². The molecule has 1 aromatic rings. The minimum Gasteiger partial charge on any atom is -0.502 e. The van der Waals surface area contributed by atoms with Gasteiger partial charge in [0, 0.05) is 18.2 Å². The number of amides is 2. The lowest BCUT2D eigenvalue weighted by atomic mass is 10.2. The molecular weight excluding hydrogens is 270 g/mol. The van der Waals surface area contributed by atoms with Crippen molar-refractivity contribution < 1.29 is 24.4 Å². The predicted molar refractivity (Wildman–Crippen MR) is 67.1 cm³/mol. The SMILES string of the molecule is NC(=O)COCCNC(=O)c1ccc([N+](=O)[O-])c(O)c1. The fourth-order valence-electron chi connectivity index (χ4n) is 1.33. The molecule has 0 aliphatic carbocycles. The van der Waals surface area contributed by atoms with Gasteiger partial charge in [0.2, 0.25) is 5.91 Å². The third-order valence-corrected chi connectivity index (χ3v) is 2.21. The van der Waals surface area contributed by atoms with Crippen molar-refractivity contribution >= 4 is 17.5 Å². The van der Waals surface area contributed by atoms with Gasteiger partial charge >= 0.3 is 5.69 Å². The molecule has 0 spiro atoms. The van der Waals surface area contributed by atoms with Crippen LogP contribution in [-0.4, -0.2) is 41.6 Å². The van der Waals surface area contributed by atoms with Gasteiger partial charge in [-0.15, -0.1) is 0 Å². The van der Waals surface area contributed by atoms with E-state index in [-0.39, 0.29) is 25.3 Å². The molecule has 0 fully saturated rings. The Hall–Kier alpha value is -2.68. The zero-order valence-corrected chi connectivity index (χ0v) is 10.4. The van der Waals surface area contributed by atoms with Gasteiger partial charge in [0.1, 0.15) is 6.61 Å². The molecule has 9 nitrogen and oxygen atoms in total. The average molecular weight is 283 g/mol. The van der Waals surface area contributed by atoms with Crippen LogP contribution in [0.1, 0.15) is 10.4 Å². The van der Waals surface area contributed by atoms with Crippen LogP contribution in [0.4, 0.5) is 5.69 Å². The van der Waals surface area contributed by atoms with Gasteiger partial charge in [-0.1, -0.05) is 0 Å². The molecule has 108 valence electrons. The number of nitrogens with one attached hydrogen (secondary N) is 1. The summed E-state index contributed by atoms with van der Waals surface area (Å²) in [5, 5.41) is 22.3. The summed E-state index contributed by atoms with van der Waals surface area (Å²) >= 11 is 0. The van der Waals surface area contributed by atoms with E-state index in [2.05, 4.69) is 5.32 Å². The van der Waals surface area contributed by atoms with E-state index >= 15 is 0 Å². The summed E-state index contributed by atoms with van der Waals surface area (Å²) in [6, 6.07) is 3.25. The highest BCUT2D eigenvalue weighted by atomic mass is 16.6. The molecule has 1 aromatic carbocycles. The number of carbonyl (C=O) groups is 2. The average Bonchev–Trinajstić information content (AvgIpc) is 2.37. The number of primary amides is 1. The number of nitrogens with zero attached hydrogens (tertiary/aromatic N) is 1. The first-order chi connectivity index (χ1) is 9.41. The van der Waals surface area contributed by atoms with Crippen molar-refractivity contribution in [3.05, 3.63) is 33.9 Å². The first kappa shape index (κ1) is 15.4. The molecule has 0 aromatic heterocycles. The highest BCUT2D eigenvalue weighted by Gasteiger charge is 2.15. The molecular formula is C11H13N3O6. The number of ether oxygens (including phenoxy) is 1. The summed E-state index contributed by atoms with van der Waals surface area (Å²) in [5.74, 6) is -1.73. The van der Waals surface area contributed by atoms with Crippen molar-refractivity contribution in [1.82, 2.24) is 5.32 Å². The Morgan fingerprint density at radius 1 is 1.45 bits per heavy atom. The molecule has 20 heavy (non-hydrogen) atoms. The summed E-state index contributed by atoms with van der Waals surface area (Å²) in [6.45, 7) is -0.0221. The molecule has 0 radical (unpaired) electrons. The predicted octanol–water partition coefficient (Wildman–Crippen LogP) is -0.468.